The second kappa shape index (κ2) is 8.42. The minimum absolute atomic E-state index is 0.0304. The number of hydrogen-bond donors (Lipinski definition) is 1. The van der Waals surface area contributed by atoms with Crippen LogP contribution in [0.3, 0.4) is 0 Å². The molecule has 0 aliphatic carbocycles. The van der Waals surface area contributed by atoms with Crippen molar-refractivity contribution < 1.29 is 28.2 Å². The van der Waals surface area contributed by atoms with Crippen molar-refractivity contribution in [3.05, 3.63) is 29.8 Å². The molecule has 4 nitrogen and oxygen atoms in total. The van der Waals surface area contributed by atoms with Crippen LogP contribution in [0.4, 0.5) is 8.78 Å². The molecule has 1 N–H and O–H groups in total. The maximum absolute atomic E-state index is 13.6. The molecule has 0 amide bonds. The molecule has 0 heterocycles. The van der Waals surface area contributed by atoms with E-state index in [9.17, 15) is 18.7 Å². The Morgan fingerprint density at radius 3 is 2.08 bits per heavy atom. The van der Waals surface area contributed by atoms with Crippen LogP contribution in [0.2, 0.25) is 0 Å². The average molecular weight is 344 g/mol. The van der Waals surface area contributed by atoms with E-state index >= 15 is 0 Å². The minimum atomic E-state index is -3.05. The molecule has 0 aliphatic heterocycles. The molecule has 1 aromatic carbocycles. The molecule has 1 aromatic rings. The van der Waals surface area contributed by atoms with Gasteiger partial charge in [-0.3, -0.25) is 4.79 Å². The van der Waals surface area contributed by atoms with Gasteiger partial charge in [-0.1, -0.05) is 26.0 Å². The van der Waals surface area contributed by atoms with Crippen LogP contribution < -0.4 is 4.74 Å². The monoisotopic (exact) mass is 344 g/mol. The topological polar surface area (TPSA) is 55.8 Å². The lowest BCUT2D eigenvalue weighted by Gasteiger charge is -2.38. The van der Waals surface area contributed by atoms with Crippen molar-refractivity contribution in [3.63, 3.8) is 0 Å². The summed E-state index contributed by atoms with van der Waals surface area (Å²) in [5.74, 6) is -3.14. The zero-order valence-corrected chi connectivity index (χ0v) is 14.8. The molecular formula is C18H26F2O4. The molecule has 2 atom stereocenters. The number of rotatable bonds is 8. The van der Waals surface area contributed by atoms with Crippen LogP contribution >= 0.6 is 0 Å². The van der Waals surface area contributed by atoms with Gasteiger partial charge < -0.3 is 14.6 Å². The molecule has 0 radical (unpaired) electrons. The lowest BCUT2D eigenvalue weighted by Crippen LogP contribution is -2.48. The molecule has 0 fully saturated rings. The first-order valence-corrected chi connectivity index (χ1v) is 8.08. The van der Waals surface area contributed by atoms with E-state index in [-0.39, 0.29) is 18.3 Å². The zero-order chi connectivity index (χ0) is 18.5. The Hall–Kier alpha value is -1.69. The molecular weight excluding hydrogens is 318 g/mol. The SMILES string of the molecule is CCOC(=O)C(C(F)F)C(O)(c1ccc(OC(C)C)cc1)C(C)C. The fourth-order valence-electron chi connectivity index (χ4n) is 2.65. The Labute approximate surface area is 141 Å². The van der Waals surface area contributed by atoms with Gasteiger partial charge in [0.15, 0.2) is 5.92 Å². The molecule has 1 rings (SSSR count). The minimum Gasteiger partial charge on any atom is -0.491 e. The second-order valence-corrected chi connectivity index (χ2v) is 6.24. The van der Waals surface area contributed by atoms with Gasteiger partial charge in [-0.15, -0.1) is 0 Å². The quantitative estimate of drug-likeness (QED) is 0.730. The van der Waals surface area contributed by atoms with Crippen molar-refractivity contribution in [2.75, 3.05) is 6.61 Å². The Morgan fingerprint density at radius 1 is 1.17 bits per heavy atom. The molecule has 0 saturated heterocycles. The summed E-state index contributed by atoms with van der Waals surface area (Å²) in [6.07, 6.45) is -3.09. The Balaban J connectivity index is 3.29. The van der Waals surface area contributed by atoms with Gasteiger partial charge in [0.1, 0.15) is 11.4 Å². The van der Waals surface area contributed by atoms with E-state index in [1.165, 1.54) is 19.1 Å². The van der Waals surface area contributed by atoms with Crippen molar-refractivity contribution in [2.45, 2.75) is 52.7 Å². The standard InChI is InChI=1S/C18H26F2O4/c1-6-23-17(21)15(16(19)20)18(22,11(2)3)13-7-9-14(10-8-13)24-12(4)5/h7-12,15-16,22H,6H2,1-5H3. The Morgan fingerprint density at radius 2 is 1.71 bits per heavy atom. The highest BCUT2D eigenvalue weighted by atomic mass is 19.3. The molecule has 0 aliphatic rings. The van der Waals surface area contributed by atoms with E-state index in [2.05, 4.69) is 0 Å². The lowest BCUT2D eigenvalue weighted by atomic mass is 9.73. The van der Waals surface area contributed by atoms with Gasteiger partial charge in [0.2, 0.25) is 0 Å². The van der Waals surface area contributed by atoms with Gasteiger partial charge in [-0.2, -0.15) is 0 Å². The summed E-state index contributed by atoms with van der Waals surface area (Å²) in [6, 6.07) is 6.20. The molecule has 0 spiro atoms. The Kier molecular flexibility index (Phi) is 7.14. The number of alkyl halides is 2. The normalized spacial score (nSPS) is 15.5. The number of halogens is 2. The summed E-state index contributed by atoms with van der Waals surface area (Å²) in [4.78, 5) is 12.0. The Bertz CT molecular complexity index is 528. The maximum Gasteiger partial charge on any atom is 0.318 e. The maximum atomic E-state index is 13.6. The molecule has 24 heavy (non-hydrogen) atoms. The van der Waals surface area contributed by atoms with E-state index in [0.29, 0.717) is 5.75 Å². The van der Waals surface area contributed by atoms with Crippen LogP contribution in [-0.4, -0.2) is 30.2 Å². The molecule has 6 heteroatoms. The number of esters is 1. The first-order chi connectivity index (χ1) is 11.1. The molecule has 2 unspecified atom stereocenters. The predicted molar refractivity (Wildman–Crippen MR) is 87.1 cm³/mol. The lowest BCUT2D eigenvalue weighted by molar-refractivity contribution is -0.178. The third kappa shape index (κ3) is 4.44. The molecule has 0 saturated carbocycles. The summed E-state index contributed by atoms with van der Waals surface area (Å²) in [5.41, 5.74) is -1.82. The van der Waals surface area contributed by atoms with Crippen LogP contribution in [0.5, 0.6) is 5.75 Å². The fraction of sp³-hybridized carbons (Fsp3) is 0.611. The number of ether oxygens (including phenoxy) is 2. The van der Waals surface area contributed by atoms with Gasteiger partial charge in [0, 0.05) is 0 Å². The largest absolute Gasteiger partial charge is 0.491 e. The van der Waals surface area contributed by atoms with E-state index < -0.39 is 29.8 Å². The van der Waals surface area contributed by atoms with E-state index in [1.54, 1.807) is 26.0 Å². The first-order valence-electron chi connectivity index (χ1n) is 8.08. The average Bonchev–Trinajstić information content (AvgIpc) is 2.46. The second-order valence-electron chi connectivity index (χ2n) is 6.24. The van der Waals surface area contributed by atoms with E-state index in [1.807, 2.05) is 13.8 Å². The van der Waals surface area contributed by atoms with Gasteiger partial charge >= 0.3 is 5.97 Å². The third-order valence-electron chi connectivity index (χ3n) is 3.84. The van der Waals surface area contributed by atoms with E-state index in [0.717, 1.165) is 0 Å². The van der Waals surface area contributed by atoms with E-state index in [4.69, 9.17) is 9.47 Å². The highest BCUT2D eigenvalue weighted by Crippen LogP contribution is 2.41. The number of carbonyl (C=O) groups is 1. The number of benzene rings is 1. The van der Waals surface area contributed by atoms with Crippen molar-refractivity contribution >= 4 is 5.97 Å². The van der Waals surface area contributed by atoms with Gasteiger partial charge in [-0.25, -0.2) is 8.78 Å². The van der Waals surface area contributed by atoms with Gasteiger partial charge in [0.25, 0.3) is 6.43 Å². The fourth-order valence-corrected chi connectivity index (χ4v) is 2.65. The van der Waals surface area contributed by atoms with Crippen molar-refractivity contribution in [2.24, 2.45) is 11.8 Å². The van der Waals surface area contributed by atoms with Crippen LogP contribution in [0.25, 0.3) is 0 Å². The number of aliphatic hydroxyl groups is 1. The van der Waals surface area contributed by atoms with Crippen LogP contribution in [0, 0.1) is 11.8 Å². The first kappa shape index (κ1) is 20.4. The highest BCUT2D eigenvalue weighted by Gasteiger charge is 2.51. The molecule has 0 bridgehead atoms. The summed E-state index contributed by atoms with van der Waals surface area (Å²) in [6.45, 7) is 8.42. The summed E-state index contributed by atoms with van der Waals surface area (Å²) in [7, 11) is 0. The summed E-state index contributed by atoms with van der Waals surface area (Å²) >= 11 is 0. The van der Waals surface area contributed by atoms with Crippen molar-refractivity contribution in [1.82, 2.24) is 0 Å². The van der Waals surface area contributed by atoms with Crippen LogP contribution in [-0.2, 0) is 15.1 Å². The summed E-state index contributed by atoms with van der Waals surface area (Å²) in [5, 5.41) is 11.0. The zero-order valence-electron chi connectivity index (χ0n) is 14.8. The third-order valence-corrected chi connectivity index (χ3v) is 3.84. The van der Waals surface area contributed by atoms with Gasteiger partial charge in [0.05, 0.1) is 12.7 Å². The predicted octanol–water partition coefficient (Wildman–Crippen LogP) is 3.76. The molecule has 136 valence electrons. The van der Waals surface area contributed by atoms with Gasteiger partial charge in [-0.05, 0) is 44.4 Å². The van der Waals surface area contributed by atoms with Crippen LogP contribution in [0.15, 0.2) is 24.3 Å². The smallest absolute Gasteiger partial charge is 0.318 e. The summed E-state index contributed by atoms with van der Waals surface area (Å²) < 4.78 is 37.4. The number of carbonyl (C=O) groups excluding carboxylic acids is 1. The number of hydrogen-bond acceptors (Lipinski definition) is 4. The van der Waals surface area contributed by atoms with Crippen molar-refractivity contribution in [3.8, 4) is 5.75 Å². The molecule has 0 aromatic heterocycles. The van der Waals surface area contributed by atoms with Crippen molar-refractivity contribution in [1.29, 1.82) is 0 Å². The highest BCUT2D eigenvalue weighted by molar-refractivity contribution is 5.75. The van der Waals surface area contributed by atoms with Crippen LogP contribution in [0.1, 0.15) is 40.2 Å².